The number of rotatable bonds is 4. The predicted molar refractivity (Wildman–Crippen MR) is 141 cm³/mol. The largest absolute Gasteiger partial charge is 0.408 e. The molecule has 4 heterocycles. The number of allylic oxidation sites excluding steroid dienone is 1. The molecule has 0 radical (unpaired) electrons. The molecule has 1 atom stereocenters. The Morgan fingerprint density at radius 1 is 1.18 bits per heavy atom. The summed E-state index contributed by atoms with van der Waals surface area (Å²) < 4.78 is 44.0. The number of nitrogens with two attached hydrogens (primary N) is 1. The fraction of sp³-hybridized carbons (Fsp3) is 0.385. The highest BCUT2D eigenvalue weighted by molar-refractivity contribution is 6.32. The van der Waals surface area contributed by atoms with Crippen molar-refractivity contribution in [3.63, 3.8) is 0 Å². The number of aryl methyl sites for hydroxylation is 1. The first kappa shape index (κ1) is 27.6. The number of aromatic nitrogens is 2. The summed E-state index contributed by atoms with van der Waals surface area (Å²) in [4.78, 5) is 29.5. The fourth-order valence-electron chi connectivity index (χ4n) is 4.25. The van der Waals surface area contributed by atoms with Gasteiger partial charge >= 0.3 is 6.18 Å². The van der Waals surface area contributed by atoms with E-state index in [-0.39, 0.29) is 28.6 Å². The summed E-state index contributed by atoms with van der Waals surface area (Å²) in [6.07, 6.45) is 0.538. The lowest BCUT2D eigenvalue weighted by atomic mass is 9.76. The van der Waals surface area contributed by atoms with E-state index in [9.17, 15) is 18.0 Å². The molecule has 8 nitrogen and oxygen atoms in total. The van der Waals surface area contributed by atoms with Gasteiger partial charge in [0, 0.05) is 56.3 Å². The molecule has 2 aliphatic rings. The van der Waals surface area contributed by atoms with E-state index in [4.69, 9.17) is 17.3 Å². The van der Waals surface area contributed by atoms with Crippen LogP contribution in [0.25, 0.3) is 0 Å². The van der Waals surface area contributed by atoms with Gasteiger partial charge in [-0.15, -0.1) is 0 Å². The Bertz CT molecular complexity index is 1340. The minimum atomic E-state index is -4.87. The molecular formula is C26H27ClF3N7O. The highest BCUT2D eigenvalue weighted by Crippen LogP contribution is 2.47. The molecule has 2 aromatic heterocycles. The van der Waals surface area contributed by atoms with Crippen molar-refractivity contribution in [1.29, 1.82) is 0 Å². The number of hydrogen-bond donors (Lipinski definition) is 2. The minimum absolute atomic E-state index is 0.0217. The van der Waals surface area contributed by atoms with Gasteiger partial charge in [-0.3, -0.25) is 19.7 Å². The Labute approximate surface area is 223 Å². The second kappa shape index (κ2) is 11.1. The summed E-state index contributed by atoms with van der Waals surface area (Å²) in [5, 5.41) is 2.69. The molecule has 0 aliphatic carbocycles. The van der Waals surface area contributed by atoms with Gasteiger partial charge in [-0.25, -0.2) is 4.98 Å². The zero-order chi connectivity index (χ0) is 27.5. The molecule has 1 amide bonds. The van der Waals surface area contributed by atoms with Crippen LogP contribution in [0, 0.1) is 24.2 Å². The third-order valence-electron chi connectivity index (χ3n) is 6.68. The lowest BCUT2D eigenvalue weighted by Gasteiger charge is -2.40. The molecule has 3 N–H and O–H groups in total. The van der Waals surface area contributed by atoms with E-state index >= 15 is 0 Å². The van der Waals surface area contributed by atoms with Gasteiger partial charge in [0.1, 0.15) is 5.82 Å². The van der Waals surface area contributed by atoms with E-state index in [2.05, 4.69) is 37.0 Å². The first-order chi connectivity index (χ1) is 18.0. The number of piperazine rings is 1. The molecule has 1 fully saturated rings. The summed E-state index contributed by atoms with van der Waals surface area (Å²) in [6.45, 7) is 3.70. The molecule has 2 aromatic rings. The number of dihydropyridines is 1. The molecule has 1 saturated heterocycles. The molecule has 1 unspecified atom stereocenters. The van der Waals surface area contributed by atoms with E-state index in [1.165, 1.54) is 30.8 Å². The quantitative estimate of drug-likeness (QED) is 0.573. The second-order valence-electron chi connectivity index (χ2n) is 9.32. The van der Waals surface area contributed by atoms with Crippen LogP contribution in [-0.2, 0) is 4.79 Å². The zero-order valence-electron chi connectivity index (χ0n) is 20.9. The number of amides is 1. The number of hydrogen-bond acceptors (Lipinski definition) is 7. The van der Waals surface area contributed by atoms with Crippen LogP contribution in [0.3, 0.4) is 0 Å². The molecule has 0 spiro atoms. The highest BCUT2D eigenvalue weighted by Gasteiger charge is 2.63. The number of halogens is 4. The Kier molecular flexibility index (Phi) is 8.06. The van der Waals surface area contributed by atoms with Crippen molar-refractivity contribution >= 4 is 35.2 Å². The maximum Gasteiger partial charge on any atom is 0.408 e. The van der Waals surface area contributed by atoms with Gasteiger partial charge in [0.15, 0.2) is 5.41 Å². The van der Waals surface area contributed by atoms with Crippen LogP contribution in [0.1, 0.15) is 16.8 Å². The average molecular weight is 546 g/mol. The van der Waals surface area contributed by atoms with Crippen molar-refractivity contribution in [2.24, 2.45) is 10.4 Å². The van der Waals surface area contributed by atoms with Crippen molar-refractivity contribution in [2.75, 3.05) is 57.4 Å². The average Bonchev–Trinajstić information content (AvgIpc) is 2.87. The van der Waals surface area contributed by atoms with Crippen LogP contribution in [0.2, 0.25) is 5.02 Å². The van der Waals surface area contributed by atoms with Crippen molar-refractivity contribution in [1.82, 2.24) is 19.8 Å². The number of carbonyl (C=O) groups is 1. The lowest BCUT2D eigenvalue weighted by molar-refractivity contribution is -0.205. The van der Waals surface area contributed by atoms with Gasteiger partial charge in [-0.05, 0) is 37.8 Å². The number of pyridine rings is 2. The Balaban J connectivity index is 1.60. The van der Waals surface area contributed by atoms with Crippen molar-refractivity contribution in [3.05, 3.63) is 58.0 Å². The normalized spacial score (nSPS) is 20.4. The van der Waals surface area contributed by atoms with E-state index < -0.39 is 24.0 Å². The first-order valence-corrected chi connectivity index (χ1v) is 12.3. The molecule has 0 bridgehead atoms. The van der Waals surface area contributed by atoms with Gasteiger partial charge in [-0.2, -0.15) is 13.2 Å². The molecule has 0 saturated carbocycles. The van der Waals surface area contributed by atoms with Crippen molar-refractivity contribution in [3.8, 4) is 11.8 Å². The maximum absolute atomic E-state index is 14.7. The van der Waals surface area contributed by atoms with Crippen molar-refractivity contribution < 1.29 is 18.0 Å². The molecule has 4 rings (SSSR count). The van der Waals surface area contributed by atoms with E-state index in [1.807, 2.05) is 11.9 Å². The second-order valence-corrected chi connectivity index (χ2v) is 9.72. The van der Waals surface area contributed by atoms with E-state index in [0.29, 0.717) is 29.9 Å². The van der Waals surface area contributed by atoms with Crippen LogP contribution in [0.4, 0.5) is 24.7 Å². The third-order valence-corrected chi connectivity index (χ3v) is 6.98. The smallest absolute Gasteiger partial charge is 0.382 e. The number of likely N-dealkylation sites (N-methyl/N-ethyl adjacent to an activating group) is 1. The number of anilines is 2. The Morgan fingerprint density at radius 2 is 1.92 bits per heavy atom. The third kappa shape index (κ3) is 5.83. The summed E-state index contributed by atoms with van der Waals surface area (Å²) >= 11 is 5.99. The van der Waals surface area contributed by atoms with Crippen LogP contribution >= 0.6 is 11.6 Å². The van der Waals surface area contributed by atoms with Gasteiger partial charge in [0.2, 0.25) is 5.91 Å². The topological polar surface area (TPSA) is 99.7 Å². The molecule has 0 aromatic carbocycles. The summed E-state index contributed by atoms with van der Waals surface area (Å²) in [5.74, 6) is 4.75. The zero-order valence-corrected chi connectivity index (χ0v) is 21.7. The standard InChI is InChI=1S/C26H27ClF3N7O/c1-17-19(4-3-18-11-22(27)23(31)34-13-18)12-21(14-33-17)35-24(38)25(26(28,29)30)16-32-6-5-20(25)15-37-9-7-36(2)8-10-37/h5-6,11-14H,7-10,15-16H2,1-2H3,(H2,31,34)(H,35,38). The van der Waals surface area contributed by atoms with Gasteiger partial charge in [0.25, 0.3) is 0 Å². The number of alkyl halides is 3. The van der Waals surface area contributed by atoms with Gasteiger partial charge in [0.05, 0.1) is 29.1 Å². The molecule has 38 heavy (non-hydrogen) atoms. The monoisotopic (exact) mass is 545 g/mol. The Hall–Kier alpha value is -3.46. The number of carbonyl (C=O) groups excluding carboxylic acids is 1. The van der Waals surface area contributed by atoms with Crippen LogP contribution in [0.5, 0.6) is 0 Å². The summed E-state index contributed by atoms with van der Waals surface area (Å²) in [6, 6.07) is 3.04. The van der Waals surface area contributed by atoms with Crippen LogP contribution in [0.15, 0.2) is 41.2 Å². The molecule has 12 heteroatoms. The van der Waals surface area contributed by atoms with E-state index in [0.717, 1.165) is 13.1 Å². The number of aliphatic imine (C=N–C) groups is 1. The molecular weight excluding hydrogens is 519 g/mol. The molecule has 200 valence electrons. The van der Waals surface area contributed by atoms with Gasteiger partial charge < -0.3 is 16.0 Å². The number of nitrogen functional groups attached to an aromatic ring is 1. The lowest BCUT2D eigenvalue weighted by Crippen LogP contribution is -2.55. The van der Waals surface area contributed by atoms with Gasteiger partial charge in [-0.1, -0.05) is 23.4 Å². The SMILES string of the molecule is Cc1ncc(NC(=O)C2(C(F)(F)F)CN=CC=C2CN2CCN(C)CC2)cc1C#Cc1cnc(N)c(Cl)c1. The molecule has 2 aliphatic heterocycles. The van der Waals surface area contributed by atoms with Crippen LogP contribution in [-0.4, -0.2) is 84.4 Å². The minimum Gasteiger partial charge on any atom is -0.382 e. The number of nitrogens with zero attached hydrogens (tertiary/aromatic N) is 5. The fourth-order valence-corrected chi connectivity index (χ4v) is 4.42. The first-order valence-electron chi connectivity index (χ1n) is 11.9. The Morgan fingerprint density at radius 3 is 2.61 bits per heavy atom. The van der Waals surface area contributed by atoms with Crippen LogP contribution < -0.4 is 11.1 Å². The maximum atomic E-state index is 14.7. The summed E-state index contributed by atoms with van der Waals surface area (Å²) in [5.41, 5.74) is 4.33. The van der Waals surface area contributed by atoms with Crippen molar-refractivity contribution in [2.45, 2.75) is 13.1 Å². The van der Waals surface area contributed by atoms with E-state index in [1.54, 1.807) is 13.0 Å². The highest BCUT2D eigenvalue weighted by atomic mass is 35.5. The summed E-state index contributed by atoms with van der Waals surface area (Å²) in [7, 11) is 1.97. The predicted octanol–water partition coefficient (Wildman–Crippen LogP) is 3.17. The number of nitrogens with one attached hydrogen (secondary N) is 1.